The molecule has 33 heavy (non-hydrogen) atoms. The number of aromatic nitrogens is 3. The third kappa shape index (κ3) is 4.60. The van der Waals surface area contributed by atoms with Crippen molar-refractivity contribution in [2.24, 2.45) is 0 Å². The number of methoxy groups -OCH3 is 1. The summed E-state index contributed by atoms with van der Waals surface area (Å²) in [7, 11) is 1.50. The fourth-order valence-electron chi connectivity index (χ4n) is 3.74. The molecule has 166 valence electrons. The number of nitrogens with one attached hydrogen (secondary N) is 1. The number of carbonyl (C=O) groups is 1. The van der Waals surface area contributed by atoms with Gasteiger partial charge in [-0.1, -0.05) is 18.2 Å². The second kappa shape index (κ2) is 9.36. The van der Waals surface area contributed by atoms with E-state index in [4.69, 9.17) is 9.84 Å². The number of fused-ring (bicyclic) bond motifs is 1. The number of rotatable bonds is 8. The Bertz CT molecular complexity index is 1380. The highest BCUT2D eigenvalue weighted by Crippen LogP contribution is 2.31. The summed E-state index contributed by atoms with van der Waals surface area (Å²) in [6, 6.07) is 15.5. The molecule has 2 N–H and O–H groups in total. The Kier molecular flexibility index (Phi) is 6.17. The first-order chi connectivity index (χ1) is 16.0. The van der Waals surface area contributed by atoms with E-state index in [1.165, 1.54) is 25.6 Å². The van der Waals surface area contributed by atoms with Gasteiger partial charge in [0.05, 0.1) is 24.7 Å². The van der Waals surface area contributed by atoms with Crippen LogP contribution in [0.25, 0.3) is 22.2 Å². The third-order valence-corrected chi connectivity index (χ3v) is 5.19. The Morgan fingerprint density at radius 3 is 2.85 bits per heavy atom. The van der Waals surface area contributed by atoms with E-state index in [0.717, 1.165) is 5.56 Å². The summed E-state index contributed by atoms with van der Waals surface area (Å²) in [6.07, 6.45) is 1.34. The number of ether oxygens (including phenoxy) is 1. The molecule has 8 nitrogen and oxygen atoms in total. The highest BCUT2D eigenvalue weighted by atomic mass is 19.1. The molecule has 0 saturated heterocycles. The van der Waals surface area contributed by atoms with Crippen molar-refractivity contribution >= 4 is 22.7 Å². The monoisotopic (exact) mass is 445 g/mol. The molecule has 0 spiro atoms. The van der Waals surface area contributed by atoms with E-state index < -0.39 is 11.8 Å². The van der Waals surface area contributed by atoms with Crippen molar-refractivity contribution < 1.29 is 19.0 Å². The van der Waals surface area contributed by atoms with Crippen LogP contribution in [0.1, 0.15) is 11.3 Å². The Balaban J connectivity index is 1.53. The Hall–Kier alpha value is -4.45. The second-order valence-electron chi connectivity index (χ2n) is 7.29. The maximum atomic E-state index is 14.6. The standard InChI is InChI=1S/C24H20FN5O3/c1-33-21-6-5-19(25)24-18(21)11-17(13-26)30(24)8-7-27-22-12-20(28-14-29-22)16-4-2-3-15(9-16)10-23(31)32/h2-6,9,11-12,14H,7-8,10H2,1H3,(H,31,32)(H,27,28,29). The lowest BCUT2D eigenvalue weighted by Crippen LogP contribution is -2.13. The van der Waals surface area contributed by atoms with Crippen molar-refractivity contribution in [3.8, 4) is 23.1 Å². The highest BCUT2D eigenvalue weighted by Gasteiger charge is 2.16. The molecule has 0 atom stereocenters. The van der Waals surface area contributed by atoms with E-state index in [-0.39, 0.29) is 6.42 Å². The number of nitrogens with zero attached hydrogens (tertiary/aromatic N) is 4. The predicted octanol–water partition coefficient (Wildman–Crippen LogP) is 3.86. The molecule has 2 aromatic carbocycles. The van der Waals surface area contributed by atoms with E-state index in [2.05, 4.69) is 21.4 Å². The van der Waals surface area contributed by atoms with E-state index >= 15 is 0 Å². The minimum absolute atomic E-state index is 0.0720. The van der Waals surface area contributed by atoms with Crippen LogP contribution in [0.3, 0.4) is 0 Å². The van der Waals surface area contributed by atoms with Crippen LogP contribution >= 0.6 is 0 Å². The summed E-state index contributed by atoms with van der Waals surface area (Å²) in [5.41, 5.74) is 2.73. The zero-order valence-corrected chi connectivity index (χ0v) is 17.7. The summed E-state index contributed by atoms with van der Waals surface area (Å²) in [5.74, 6) is -0.282. The quantitative estimate of drug-likeness (QED) is 0.423. The second-order valence-corrected chi connectivity index (χ2v) is 7.29. The SMILES string of the molecule is COc1ccc(F)c2c1cc(C#N)n2CCNc1cc(-c2cccc(CC(=O)O)c2)ncn1. The van der Waals surface area contributed by atoms with E-state index in [1.807, 2.05) is 6.07 Å². The summed E-state index contributed by atoms with van der Waals surface area (Å²) in [4.78, 5) is 19.5. The minimum atomic E-state index is -0.902. The lowest BCUT2D eigenvalue weighted by atomic mass is 10.1. The van der Waals surface area contributed by atoms with Crippen LogP contribution in [0, 0.1) is 17.1 Å². The molecule has 9 heteroatoms. The summed E-state index contributed by atoms with van der Waals surface area (Å²) in [6.45, 7) is 0.703. The van der Waals surface area contributed by atoms with Gasteiger partial charge in [-0.05, 0) is 29.8 Å². The zero-order chi connectivity index (χ0) is 23.4. The molecule has 0 saturated carbocycles. The number of hydrogen-bond donors (Lipinski definition) is 2. The molecule has 0 aliphatic heterocycles. The smallest absolute Gasteiger partial charge is 0.307 e. The number of carboxylic acids is 1. The van der Waals surface area contributed by atoms with Crippen LogP contribution in [0.15, 0.2) is 54.9 Å². The van der Waals surface area contributed by atoms with Crippen molar-refractivity contribution in [2.45, 2.75) is 13.0 Å². The number of aliphatic carboxylic acids is 1. The highest BCUT2D eigenvalue weighted by molar-refractivity contribution is 5.88. The number of benzene rings is 2. The van der Waals surface area contributed by atoms with Crippen molar-refractivity contribution in [3.05, 3.63) is 71.9 Å². The first-order valence-corrected chi connectivity index (χ1v) is 10.1. The Morgan fingerprint density at radius 2 is 2.09 bits per heavy atom. The lowest BCUT2D eigenvalue weighted by molar-refractivity contribution is -0.136. The molecule has 0 bridgehead atoms. The largest absolute Gasteiger partial charge is 0.496 e. The van der Waals surface area contributed by atoms with Crippen LogP contribution in [0.4, 0.5) is 10.2 Å². The van der Waals surface area contributed by atoms with Crippen molar-refractivity contribution in [1.29, 1.82) is 5.26 Å². The van der Waals surface area contributed by atoms with Crippen LogP contribution in [-0.4, -0.2) is 39.3 Å². The summed E-state index contributed by atoms with van der Waals surface area (Å²) in [5, 5.41) is 22.2. The number of carboxylic acid groups (broad SMARTS) is 1. The summed E-state index contributed by atoms with van der Waals surface area (Å²) < 4.78 is 21.5. The fourth-order valence-corrected chi connectivity index (χ4v) is 3.74. The molecular formula is C24H20FN5O3. The van der Waals surface area contributed by atoms with Gasteiger partial charge in [-0.15, -0.1) is 0 Å². The summed E-state index contributed by atoms with van der Waals surface area (Å²) >= 11 is 0. The van der Waals surface area contributed by atoms with Gasteiger partial charge in [0.1, 0.15) is 35.5 Å². The van der Waals surface area contributed by atoms with Crippen molar-refractivity contribution in [1.82, 2.24) is 14.5 Å². The van der Waals surface area contributed by atoms with Gasteiger partial charge in [-0.25, -0.2) is 14.4 Å². The maximum absolute atomic E-state index is 14.6. The topological polar surface area (TPSA) is 113 Å². The molecule has 0 fully saturated rings. The van der Waals surface area contributed by atoms with Gasteiger partial charge in [-0.3, -0.25) is 4.79 Å². The van der Waals surface area contributed by atoms with Gasteiger partial charge in [0, 0.05) is 30.1 Å². The van der Waals surface area contributed by atoms with Crippen LogP contribution in [-0.2, 0) is 17.8 Å². The molecule has 0 amide bonds. The molecule has 0 aliphatic rings. The van der Waals surface area contributed by atoms with E-state index in [0.29, 0.717) is 52.5 Å². The molecule has 4 rings (SSSR count). The predicted molar refractivity (Wildman–Crippen MR) is 120 cm³/mol. The normalized spacial score (nSPS) is 10.7. The number of hydrogen-bond acceptors (Lipinski definition) is 6. The lowest BCUT2D eigenvalue weighted by Gasteiger charge is -2.11. The van der Waals surface area contributed by atoms with Crippen molar-refractivity contribution in [2.75, 3.05) is 19.0 Å². The van der Waals surface area contributed by atoms with Gasteiger partial charge < -0.3 is 19.7 Å². The molecule has 0 unspecified atom stereocenters. The number of anilines is 1. The van der Waals surface area contributed by atoms with E-state index in [9.17, 15) is 14.4 Å². The Labute approximate surface area is 188 Å². The van der Waals surface area contributed by atoms with Crippen LogP contribution < -0.4 is 10.1 Å². The van der Waals surface area contributed by atoms with Gasteiger partial charge in [0.15, 0.2) is 0 Å². The number of halogens is 1. The maximum Gasteiger partial charge on any atom is 0.307 e. The Morgan fingerprint density at radius 1 is 1.24 bits per heavy atom. The fraction of sp³-hybridized carbons (Fsp3) is 0.167. The van der Waals surface area contributed by atoms with Crippen LogP contribution in [0.5, 0.6) is 5.75 Å². The molecule has 0 radical (unpaired) electrons. The van der Waals surface area contributed by atoms with Gasteiger partial charge in [0.25, 0.3) is 0 Å². The molecule has 0 aliphatic carbocycles. The minimum Gasteiger partial charge on any atom is -0.496 e. The van der Waals surface area contributed by atoms with Crippen LogP contribution in [0.2, 0.25) is 0 Å². The molecule has 2 heterocycles. The third-order valence-electron chi connectivity index (χ3n) is 5.19. The van der Waals surface area contributed by atoms with Crippen molar-refractivity contribution in [3.63, 3.8) is 0 Å². The molecule has 2 aromatic heterocycles. The zero-order valence-electron chi connectivity index (χ0n) is 17.7. The number of nitriles is 1. The average molecular weight is 445 g/mol. The van der Waals surface area contributed by atoms with Gasteiger partial charge >= 0.3 is 5.97 Å². The van der Waals surface area contributed by atoms with E-state index in [1.54, 1.807) is 34.9 Å². The molecular weight excluding hydrogens is 425 g/mol. The van der Waals surface area contributed by atoms with Gasteiger partial charge in [0.2, 0.25) is 0 Å². The first-order valence-electron chi connectivity index (χ1n) is 10.1. The molecule has 4 aromatic rings. The first kappa shape index (κ1) is 21.8. The van der Waals surface area contributed by atoms with Gasteiger partial charge in [-0.2, -0.15) is 5.26 Å². The average Bonchev–Trinajstić information content (AvgIpc) is 3.19.